The Balaban J connectivity index is 1.86. The van der Waals surface area contributed by atoms with Crippen molar-refractivity contribution in [2.45, 2.75) is 11.8 Å². The Morgan fingerprint density at radius 2 is 2.24 bits per heavy atom. The SMILES string of the molecule is Cc1ccccc1SCC(=O)Nc1ccn[nH]1. The number of aryl methyl sites for hydroxylation is 1. The number of H-pyrrole nitrogens is 1. The minimum Gasteiger partial charge on any atom is -0.310 e. The largest absolute Gasteiger partial charge is 0.310 e. The summed E-state index contributed by atoms with van der Waals surface area (Å²) in [4.78, 5) is 12.7. The van der Waals surface area contributed by atoms with Gasteiger partial charge in [0.2, 0.25) is 5.91 Å². The number of carbonyl (C=O) groups excluding carboxylic acids is 1. The third-order valence-electron chi connectivity index (χ3n) is 2.23. The van der Waals surface area contributed by atoms with Gasteiger partial charge in [0.05, 0.1) is 11.9 Å². The average molecular weight is 247 g/mol. The number of aromatic nitrogens is 2. The van der Waals surface area contributed by atoms with Gasteiger partial charge in [0.15, 0.2) is 0 Å². The quantitative estimate of drug-likeness (QED) is 0.816. The lowest BCUT2D eigenvalue weighted by molar-refractivity contribution is -0.113. The molecule has 0 aliphatic heterocycles. The van der Waals surface area contributed by atoms with E-state index < -0.39 is 0 Å². The van der Waals surface area contributed by atoms with Gasteiger partial charge >= 0.3 is 0 Å². The number of benzene rings is 1. The van der Waals surface area contributed by atoms with Crippen LogP contribution in [0.5, 0.6) is 0 Å². The molecule has 0 radical (unpaired) electrons. The van der Waals surface area contributed by atoms with E-state index in [0.29, 0.717) is 11.6 Å². The number of carbonyl (C=O) groups is 1. The van der Waals surface area contributed by atoms with Crippen LogP contribution in [0.25, 0.3) is 0 Å². The number of thioether (sulfide) groups is 1. The first-order chi connectivity index (χ1) is 8.25. The highest BCUT2D eigenvalue weighted by Crippen LogP contribution is 2.21. The minimum atomic E-state index is -0.0393. The zero-order chi connectivity index (χ0) is 12.1. The molecule has 0 unspecified atom stereocenters. The highest BCUT2D eigenvalue weighted by atomic mass is 32.2. The normalized spacial score (nSPS) is 10.2. The summed E-state index contributed by atoms with van der Waals surface area (Å²) in [5.41, 5.74) is 1.19. The molecule has 4 nitrogen and oxygen atoms in total. The molecule has 17 heavy (non-hydrogen) atoms. The Hall–Kier alpha value is -1.75. The molecule has 0 bridgehead atoms. The van der Waals surface area contributed by atoms with E-state index in [1.165, 1.54) is 17.3 Å². The van der Waals surface area contributed by atoms with E-state index in [4.69, 9.17) is 0 Å². The summed E-state index contributed by atoms with van der Waals surface area (Å²) in [6.07, 6.45) is 1.60. The molecule has 0 saturated carbocycles. The average Bonchev–Trinajstić information content (AvgIpc) is 2.81. The predicted molar refractivity (Wildman–Crippen MR) is 69.1 cm³/mol. The molecule has 0 fully saturated rings. The maximum Gasteiger partial charge on any atom is 0.235 e. The summed E-state index contributed by atoms with van der Waals surface area (Å²) >= 11 is 1.53. The molecule has 2 aromatic rings. The fourth-order valence-electron chi connectivity index (χ4n) is 1.37. The van der Waals surface area contributed by atoms with E-state index in [2.05, 4.69) is 15.5 Å². The molecule has 0 spiro atoms. The van der Waals surface area contributed by atoms with Crippen molar-refractivity contribution in [1.82, 2.24) is 10.2 Å². The van der Waals surface area contributed by atoms with Crippen molar-refractivity contribution in [2.75, 3.05) is 11.1 Å². The Morgan fingerprint density at radius 1 is 1.41 bits per heavy atom. The van der Waals surface area contributed by atoms with Gasteiger partial charge in [-0.15, -0.1) is 11.8 Å². The van der Waals surface area contributed by atoms with Gasteiger partial charge in [-0.2, -0.15) is 5.10 Å². The van der Waals surface area contributed by atoms with E-state index in [1.807, 2.05) is 31.2 Å². The molecule has 5 heteroatoms. The second-order valence-electron chi connectivity index (χ2n) is 3.57. The van der Waals surface area contributed by atoms with E-state index in [1.54, 1.807) is 12.3 Å². The molecule has 0 saturated heterocycles. The minimum absolute atomic E-state index is 0.0393. The number of hydrogen-bond donors (Lipinski definition) is 2. The highest BCUT2D eigenvalue weighted by molar-refractivity contribution is 8.00. The zero-order valence-electron chi connectivity index (χ0n) is 9.43. The van der Waals surface area contributed by atoms with Crippen LogP contribution in [-0.4, -0.2) is 21.9 Å². The molecule has 0 atom stereocenters. The number of amides is 1. The number of nitrogens with zero attached hydrogens (tertiary/aromatic N) is 1. The van der Waals surface area contributed by atoms with Crippen molar-refractivity contribution in [2.24, 2.45) is 0 Å². The first-order valence-electron chi connectivity index (χ1n) is 5.23. The lowest BCUT2D eigenvalue weighted by atomic mass is 10.2. The summed E-state index contributed by atoms with van der Waals surface area (Å²) in [6.45, 7) is 2.04. The first kappa shape index (κ1) is 11.7. The van der Waals surface area contributed by atoms with Crippen molar-refractivity contribution >= 4 is 23.5 Å². The zero-order valence-corrected chi connectivity index (χ0v) is 10.3. The third kappa shape index (κ3) is 3.35. The van der Waals surface area contributed by atoms with Crippen LogP contribution in [0, 0.1) is 6.92 Å². The second kappa shape index (κ2) is 5.54. The lowest BCUT2D eigenvalue weighted by Crippen LogP contribution is -2.14. The van der Waals surface area contributed by atoms with E-state index in [0.717, 1.165) is 4.90 Å². The Morgan fingerprint density at radius 3 is 2.94 bits per heavy atom. The van der Waals surface area contributed by atoms with Crippen LogP contribution < -0.4 is 5.32 Å². The van der Waals surface area contributed by atoms with Crippen LogP contribution in [0.3, 0.4) is 0 Å². The van der Waals surface area contributed by atoms with Crippen LogP contribution in [0.15, 0.2) is 41.4 Å². The molecule has 2 rings (SSSR count). The van der Waals surface area contributed by atoms with Gasteiger partial charge in [-0.1, -0.05) is 18.2 Å². The molecule has 88 valence electrons. The molecule has 0 aliphatic carbocycles. The Labute approximate surface area is 104 Å². The number of aromatic amines is 1. The number of hydrogen-bond acceptors (Lipinski definition) is 3. The monoisotopic (exact) mass is 247 g/mol. The van der Waals surface area contributed by atoms with Crippen LogP contribution in [0.1, 0.15) is 5.56 Å². The van der Waals surface area contributed by atoms with Crippen molar-refractivity contribution in [3.8, 4) is 0 Å². The standard InChI is InChI=1S/C12H13N3OS/c1-9-4-2-3-5-10(9)17-8-12(16)14-11-6-7-13-15-11/h2-7H,8H2,1H3,(H2,13,14,15,16). The summed E-state index contributed by atoms with van der Waals surface area (Å²) < 4.78 is 0. The molecular weight excluding hydrogens is 234 g/mol. The van der Waals surface area contributed by atoms with E-state index >= 15 is 0 Å². The highest BCUT2D eigenvalue weighted by Gasteiger charge is 2.05. The molecule has 1 aromatic heterocycles. The van der Waals surface area contributed by atoms with Crippen LogP contribution in [-0.2, 0) is 4.79 Å². The maximum atomic E-state index is 11.6. The Kier molecular flexibility index (Phi) is 3.82. The molecule has 2 N–H and O–H groups in total. The smallest absolute Gasteiger partial charge is 0.235 e. The topological polar surface area (TPSA) is 57.8 Å². The van der Waals surface area contributed by atoms with Gasteiger partial charge in [-0.3, -0.25) is 9.89 Å². The first-order valence-corrected chi connectivity index (χ1v) is 6.22. The van der Waals surface area contributed by atoms with Gasteiger partial charge in [-0.25, -0.2) is 0 Å². The number of anilines is 1. The van der Waals surface area contributed by atoms with Gasteiger partial charge in [0.25, 0.3) is 0 Å². The summed E-state index contributed by atoms with van der Waals surface area (Å²) in [7, 11) is 0. The lowest BCUT2D eigenvalue weighted by Gasteiger charge is -2.05. The predicted octanol–water partition coefficient (Wildman–Crippen LogP) is 2.45. The number of nitrogens with one attached hydrogen (secondary N) is 2. The van der Waals surface area contributed by atoms with Crippen molar-refractivity contribution in [3.63, 3.8) is 0 Å². The van der Waals surface area contributed by atoms with Crippen LogP contribution in [0.2, 0.25) is 0 Å². The van der Waals surface area contributed by atoms with Crippen molar-refractivity contribution in [1.29, 1.82) is 0 Å². The molecule has 1 amide bonds. The van der Waals surface area contributed by atoms with Gasteiger partial charge in [0, 0.05) is 11.0 Å². The van der Waals surface area contributed by atoms with Crippen molar-refractivity contribution < 1.29 is 4.79 Å². The van der Waals surface area contributed by atoms with Crippen LogP contribution in [0.4, 0.5) is 5.82 Å². The fourth-order valence-corrected chi connectivity index (χ4v) is 2.20. The fraction of sp³-hybridized carbons (Fsp3) is 0.167. The maximum absolute atomic E-state index is 11.6. The van der Waals surface area contributed by atoms with Gasteiger partial charge in [0.1, 0.15) is 5.82 Å². The second-order valence-corrected chi connectivity index (χ2v) is 4.59. The summed E-state index contributed by atoms with van der Waals surface area (Å²) in [5.74, 6) is 0.979. The molecule has 1 aromatic carbocycles. The summed E-state index contributed by atoms with van der Waals surface area (Å²) in [6, 6.07) is 9.74. The third-order valence-corrected chi connectivity index (χ3v) is 3.40. The van der Waals surface area contributed by atoms with Gasteiger partial charge < -0.3 is 5.32 Å². The number of rotatable bonds is 4. The molecule has 0 aliphatic rings. The summed E-state index contributed by atoms with van der Waals surface area (Å²) in [5, 5.41) is 9.18. The van der Waals surface area contributed by atoms with E-state index in [9.17, 15) is 4.79 Å². The van der Waals surface area contributed by atoms with Crippen LogP contribution >= 0.6 is 11.8 Å². The Bertz CT molecular complexity index is 496. The van der Waals surface area contributed by atoms with Gasteiger partial charge in [-0.05, 0) is 18.6 Å². The van der Waals surface area contributed by atoms with E-state index in [-0.39, 0.29) is 5.91 Å². The molecule has 1 heterocycles. The molecular formula is C12H13N3OS. The van der Waals surface area contributed by atoms with Crippen molar-refractivity contribution in [3.05, 3.63) is 42.1 Å².